The first-order chi connectivity index (χ1) is 8.10. The van der Waals surface area contributed by atoms with Crippen molar-refractivity contribution in [3.05, 3.63) is 18.2 Å². The Morgan fingerprint density at radius 3 is 2.29 bits per heavy atom. The summed E-state index contributed by atoms with van der Waals surface area (Å²) < 4.78 is 5.07. The van der Waals surface area contributed by atoms with Gasteiger partial charge in [0.05, 0.1) is 19.5 Å². The third kappa shape index (κ3) is 4.33. The molecule has 0 saturated heterocycles. The van der Waals surface area contributed by atoms with Gasteiger partial charge in [0, 0.05) is 5.41 Å². The van der Waals surface area contributed by atoms with Crippen LogP contribution in [0, 0.1) is 0 Å². The summed E-state index contributed by atoms with van der Waals surface area (Å²) in [4.78, 5) is 8.77. The van der Waals surface area contributed by atoms with Crippen molar-refractivity contribution in [2.45, 2.75) is 58.3 Å². The van der Waals surface area contributed by atoms with Crippen molar-refractivity contribution in [1.29, 1.82) is 0 Å². The largest absolute Gasteiger partial charge is 0.494 e. The van der Waals surface area contributed by atoms with Crippen molar-refractivity contribution in [3.8, 4) is 5.75 Å². The molecule has 1 aromatic rings. The lowest BCUT2D eigenvalue weighted by Crippen LogP contribution is -2.20. The maximum absolute atomic E-state index is 5.07. The van der Waals surface area contributed by atoms with Crippen LogP contribution in [-0.2, 0) is 5.41 Å². The molecular formula is C14H24N2O. The molecule has 0 aromatic carbocycles. The maximum Gasteiger partial charge on any atom is 0.155 e. The molecule has 0 N–H and O–H groups in total. The van der Waals surface area contributed by atoms with E-state index in [1.165, 1.54) is 25.7 Å². The van der Waals surface area contributed by atoms with Crippen LogP contribution in [-0.4, -0.2) is 17.1 Å². The normalized spacial score (nSPS) is 11.5. The fraction of sp³-hybridized carbons (Fsp3) is 0.714. The Morgan fingerprint density at radius 2 is 1.76 bits per heavy atom. The topological polar surface area (TPSA) is 35.0 Å². The van der Waals surface area contributed by atoms with E-state index in [1.54, 1.807) is 19.5 Å². The van der Waals surface area contributed by atoms with E-state index in [-0.39, 0.29) is 5.41 Å². The lowest BCUT2D eigenvalue weighted by Gasteiger charge is -2.22. The monoisotopic (exact) mass is 236 g/mol. The summed E-state index contributed by atoms with van der Waals surface area (Å²) in [6.07, 6.45) is 9.77. The molecule has 0 atom stereocenters. The number of rotatable bonds is 7. The Bertz CT molecular complexity index is 319. The van der Waals surface area contributed by atoms with Gasteiger partial charge >= 0.3 is 0 Å². The van der Waals surface area contributed by atoms with E-state index in [9.17, 15) is 0 Å². The van der Waals surface area contributed by atoms with E-state index < -0.39 is 0 Å². The smallest absolute Gasteiger partial charge is 0.155 e. The summed E-state index contributed by atoms with van der Waals surface area (Å²) in [5, 5.41) is 0. The fourth-order valence-electron chi connectivity index (χ4n) is 1.88. The van der Waals surface area contributed by atoms with Crippen molar-refractivity contribution in [1.82, 2.24) is 9.97 Å². The molecule has 0 aliphatic carbocycles. The van der Waals surface area contributed by atoms with Crippen LogP contribution in [0.4, 0.5) is 0 Å². The first-order valence-electron chi connectivity index (χ1n) is 6.46. The van der Waals surface area contributed by atoms with Gasteiger partial charge in [0.15, 0.2) is 5.75 Å². The quantitative estimate of drug-likeness (QED) is 0.676. The number of methoxy groups -OCH3 is 1. The Kier molecular flexibility index (Phi) is 5.39. The highest BCUT2D eigenvalue weighted by atomic mass is 16.5. The van der Waals surface area contributed by atoms with Crippen LogP contribution >= 0.6 is 0 Å². The van der Waals surface area contributed by atoms with Gasteiger partial charge in [-0.3, -0.25) is 0 Å². The van der Waals surface area contributed by atoms with E-state index in [0.717, 1.165) is 18.0 Å². The minimum absolute atomic E-state index is 0.0556. The van der Waals surface area contributed by atoms with E-state index in [0.29, 0.717) is 0 Å². The highest BCUT2D eigenvalue weighted by Crippen LogP contribution is 2.26. The first-order valence-corrected chi connectivity index (χ1v) is 6.46. The Hall–Kier alpha value is -1.12. The number of aromatic nitrogens is 2. The van der Waals surface area contributed by atoms with Gasteiger partial charge in [-0.1, -0.05) is 46.5 Å². The molecule has 0 unspecified atom stereocenters. The first kappa shape index (κ1) is 13.9. The molecule has 1 rings (SSSR count). The zero-order chi connectivity index (χ0) is 12.7. The minimum atomic E-state index is 0.0556. The highest BCUT2D eigenvalue weighted by Gasteiger charge is 2.23. The van der Waals surface area contributed by atoms with Crippen LogP contribution in [0.15, 0.2) is 12.4 Å². The molecule has 0 fully saturated rings. The van der Waals surface area contributed by atoms with E-state index in [4.69, 9.17) is 4.74 Å². The maximum atomic E-state index is 5.07. The van der Waals surface area contributed by atoms with Gasteiger partial charge in [-0.25, -0.2) is 9.97 Å². The number of unbranched alkanes of at least 4 members (excludes halogenated alkanes) is 3. The second-order valence-electron chi connectivity index (χ2n) is 5.14. The van der Waals surface area contributed by atoms with Gasteiger partial charge in [-0.15, -0.1) is 0 Å². The second kappa shape index (κ2) is 6.58. The fourth-order valence-corrected chi connectivity index (χ4v) is 1.88. The summed E-state index contributed by atoms with van der Waals surface area (Å²) in [6, 6.07) is 0. The van der Waals surface area contributed by atoms with Gasteiger partial charge in [-0.2, -0.15) is 0 Å². The van der Waals surface area contributed by atoms with Gasteiger partial charge in [0.2, 0.25) is 0 Å². The molecule has 1 heterocycles. The number of ether oxygens (including phenoxy) is 1. The van der Waals surface area contributed by atoms with E-state index >= 15 is 0 Å². The van der Waals surface area contributed by atoms with Crippen LogP contribution in [0.1, 0.15) is 58.7 Å². The summed E-state index contributed by atoms with van der Waals surface area (Å²) in [7, 11) is 1.63. The summed E-state index contributed by atoms with van der Waals surface area (Å²) in [6.45, 7) is 6.65. The van der Waals surface area contributed by atoms with Gasteiger partial charge in [0.1, 0.15) is 5.82 Å². The molecule has 17 heavy (non-hydrogen) atoms. The molecule has 0 radical (unpaired) electrons. The molecular weight excluding hydrogens is 212 g/mol. The van der Waals surface area contributed by atoms with Crippen molar-refractivity contribution in [3.63, 3.8) is 0 Å². The van der Waals surface area contributed by atoms with Crippen molar-refractivity contribution in [2.75, 3.05) is 7.11 Å². The van der Waals surface area contributed by atoms with Crippen LogP contribution in [0.25, 0.3) is 0 Å². The van der Waals surface area contributed by atoms with Gasteiger partial charge < -0.3 is 4.74 Å². The van der Waals surface area contributed by atoms with Crippen LogP contribution in [0.5, 0.6) is 5.75 Å². The Morgan fingerprint density at radius 1 is 1.12 bits per heavy atom. The molecule has 0 amide bonds. The van der Waals surface area contributed by atoms with Crippen molar-refractivity contribution in [2.24, 2.45) is 0 Å². The zero-order valence-corrected chi connectivity index (χ0v) is 11.5. The molecule has 0 saturated carbocycles. The Balaban J connectivity index is 2.55. The minimum Gasteiger partial charge on any atom is -0.494 e. The van der Waals surface area contributed by atoms with Crippen LogP contribution < -0.4 is 4.74 Å². The number of hydrogen-bond donors (Lipinski definition) is 0. The van der Waals surface area contributed by atoms with Crippen molar-refractivity contribution >= 4 is 0 Å². The predicted octanol–water partition coefficient (Wildman–Crippen LogP) is 3.73. The lowest BCUT2D eigenvalue weighted by atomic mass is 9.86. The Labute approximate surface area is 105 Å². The van der Waals surface area contributed by atoms with Crippen LogP contribution in [0.3, 0.4) is 0 Å². The van der Waals surface area contributed by atoms with Crippen LogP contribution in [0.2, 0.25) is 0 Å². The summed E-state index contributed by atoms with van der Waals surface area (Å²) in [5.74, 6) is 1.63. The molecule has 1 aromatic heterocycles. The van der Waals surface area contributed by atoms with Crippen molar-refractivity contribution < 1.29 is 4.74 Å². The third-order valence-corrected chi connectivity index (χ3v) is 3.12. The summed E-state index contributed by atoms with van der Waals surface area (Å²) in [5.41, 5.74) is 0.0556. The molecule has 0 spiro atoms. The lowest BCUT2D eigenvalue weighted by molar-refractivity contribution is 0.398. The molecule has 3 nitrogen and oxygen atoms in total. The standard InChI is InChI=1S/C14H24N2O/c1-5-6-7-8-9-14(2,3)13-15-10-12(17-4)11-16-13/h10-11H,5-9H2,1-4H3. The third-order valence-electron chi connectivity index (χ3n) is 3.12. The molecule has 96 valence electrons. The zero-order valence-electron chi connectivity index (χ0n) is 11.5. The van der Waals surface area contributed by atoms with Gasteiger partial charge in [-0.05, 0) is 6.42 Å². The number of hydrogen-bond acceptors (Lipinski definition) is 3. The molecule has 0 aliphatic rings. The SMILES string of the molecule is CCCCCCC(C)(C)c1ncc(OC)cn1. The summed E-state index contributed by atoms with van der Waals surface area (Å²) >= 11 is 0. The van der Waals surface area contributed by atoms with E-state index in [2.05, 4.69) is 30.7 Å². The molecule has 3 heteroatoms. The molecule has 0 bridgehead atoms. The molecule has 0 aliphatic heterocycles. The second-order valence-corrected chi connectivity index (χ2v) is 5.14. The average Bonchev–Trinajstić information content (AvgIpc) is 2.35. The van der Waals surface area contributed by atoms with E-state index in [1.807, 2.05) is 0 Å². The number of nitrogens with zero attached hydrogens (tertiary/aromatic N) is 2. The predicted molar refractivity (Wildman–Crippen MR) is 70.4 cm³/mol. The highest BCUT2D eigenvalue weighted by molar-refractivity contribution is 5.15. The average molecular weight is 236 g/mol. The van der Waals surface area contributed by atoms with Gasteiger partial charge in [0.25, 0.3) is 0 Å².